The fourth-order valence-corrected chi connectivity index (χ4v) is 3.65. The molecule has 1 aliphatic carbocycles. The molecule has 0 aromatic rings. The predicted molar refractivity (Wildman–Crippen MR) is 72.3 cm³/mol. The van der Waals surface area contributed by atoms with Crippen LogP contribution in [0.5, 0.6) is 0 Å². The summed E-state index contributed by atoms with van der Waals surface area (Å²) in [5.74, 6) is 0. The Bertz CT molecular complexity index is 223. The number of hydrogen-bond donors (Lipinski definition) is 1. The minimum Gasteiger partial charge on any atom is -0.372 e. The van der Waals surface area contributed by atoms with Crippen LogP contribution in [0.2, 0.25) is 0 Å². The van der Waals surface area contributed by atoms with Crippen LogP contribution in [-0.4, -0.2) is 24.8 Å². The van der Waals surface area contributed by atoms with Gasteiger partial charge in [-0.25, -0.2) is 0 Å². The van der Waals surface area contributed by atoms with Crippen molar-refractivity contribution in [2.75, 3.05) is 7.05 Å². The van der Waals surface area contributed by atoms with Crippen LogP contribution in [0.25, 0.3) is 0 Å². The molecule has 0 radical (unpaired) electrons. The van der Waals surface area contributed by atoms with Gasteiger partial charge in [0.1, 0.15) is 0 Å². The number of hydrogen-bond acceptors (Lipinski definition) is 2. The normalized spacial score (nSPS) is 28.9. The number of rotatable bonds is 6. The van der Waals surface area contributed by atoms with Crippen LogP contribution in [0, 0.1) is 0 Å². The van der Waals surface area contributed by atoms with Crippen molar-refractivity contribution in [2.24, 2.45) is 0 Å². The predicted octanol–water partition coefficient (Wildman–Crippen LogP) is 3.65. The van der Waals surface area contributed by atoms with Gasteiger partial charge >= 0.3 is 0 Å². The lowest BCUT2D eigenvalue weighted by atomic mass is 9.97. The van der Waals surface area contributed by atoms with Crippen molar-refractivity contribution in [1.29, 1.82) is 0 Å². The van der Waals surface area contributed by atoms with Gasteiger partial charge in [0.25, 0.3) is 0 Å². The average molecular weight is 239 g/mol. The molecule has 0 aromatic carbocycles. The van der Waals surface area contributed by atoms with Crippen LogP contribution in [0.1, 0.15) is 71.1 Å². The van der Waals surface area contributed by atoms with Gasteiger partial charge in [-0.2, -0.15) is 0 Å². The Hall–Kier alpha value is -0.0800. The van der Waals surface area contributed by atoms with Crippen LogP contribution in [0.3, 0.4) is 0 Å². The van der Waals surface area contributed by atoms with E-state index < -0.39 is 0 Å². The molecule has 1 spiro atoms. The van der Waals surface area contributed by atoms with E-state index in [0.29, 0.717) is 17.7 Å². The van der Waals surface area contributed by atoms with E-state index in [-0.39, 0.29) is 0 Å². The van der Waals surface area contributed by atoms with Crippen LogP contribution in [0.15, 0.2) is 0 Å². The third kappa shape index (κ3) is 3.45. The highest BCUT2D eigenvalue weighted by Gasteiger charge is 2.41. The summed E-state index contributed by atoms with van der Waals surface area (Å²) in [7, 11) is 2.09. The van der Waals surface area contributed by atoms with Crippen molar-refractivity contribution < 1.29 is 4.74 Å². The number of ether oxygens (including phenoxy) is 1. The Morgan fingerprint density at radius 3 is 2.65 bits per heavy atom. The summed E-state index contributed by atoms with van der Waals surface area (Å²) in [4.78, 5) is 0. The van der Waals surface area contributed by atoms with Crippen molar-refractivity contribution in [3.05, 3.63) is 0 Å². The Balaban J connectivity index is 1.70. The summed E-state index contributed by atoms with van der Waals surface area (Å²) in [6.07, 6.45) is 13.7. The largest absolute Gasteiger partial charge is 0.372 e. The van der Waals surface area contributed by atoms with E-state index in [1.807, 2.05) is 0 Å². The molecule has 2 atom stereocenters. The third-order valence-electron chi connectivity index (χ3n) is 4.74. The van der Waals surface area contributed by atoms with Crippen molar-refractivity contribution >= 4 is 0 Å². The molecule has 100 valence electrons. The second kappa shape index (κ2) is 6.19. The summed E-state index contributed by atoms with van der Waals surface area (Å²) in [5, 5.41) is 3.43. The van der Waals surface area contributed by atoms with Gasteiger partial charge in [0.15, 0.2) is 0 Å². The summed E-state index contributed by atoms with van der Waals surface area (Å²) >= 11 is 0. The zero-order chi connectivity index (χ0) is 12.1. The Morgan fingerprint density at radius 1 is 1.24 bits per heavy atom. The molecule has 17 heavy (non-hydrogen) atoms. The van der Waals surface area contributed by atoms with Gasteiger partial charge in [0, 0.05) is 6.04 Å². The van der Waals surface area contributed by atoms with Gasteiger partial charge in [-0.1, -0.05) is 26.2 Å². The van der Waals surface area contributed by atoms with E-state index in [2.05, 4.69) is 19.3 Å². The highest BCUT2D eigenvalue weighted by Crippen LogP contribution is 2.44. The van der Waals surface area contributed by atoms with Crippen molar-refractivity contribution in [3.63, 3.8) is 0 Å². The lowest BCUT2D eigenvalue weighted by molar-refractivity contribution is -0.0401. The maximum absolute atomic E-state index is 6.36. The zero-order valence-electron chi connectivity index (χ0n) is 11.6. The molecule has 0 amide bonds. The molecule has 1 aliphatic heterocycles. The molecule has 2 fully saturated rings. The lowest BCUT2D eigenvalue weighted by Gasteiger charge is -2.24. The van der Waals surface area contributed by atoms with E-state index in [0.717, 1.165) is 0 Å². The van der Waals surface area contributed by atoms with Crippen LogP contribution >= 0.6 is 0 Å². The molecule has 1 saturated heterocycles. The second-order valence-corrected chi connectivity index (χ2v) is 6.02. The van der Waals surface area contributed by atoms with Crippen LogP contribution < -0.4 is 5.32 Å². The Kier molecular flexibility index (Phi) is 4.87. The fourth-order valence-electron chi connectivity index (χ4n) is 3.65. The van der Waals surface area contributed by atoms with Gasteiger partial charge in [-0.05, 0) is 52.0 Å². The standard InChI is InChI=1S/C15H29NO/c1-3-6-13(16-2)7-8-14-9-12-15(17-14)10-4-5-11-15/h13-14,16H,3-12H2,1-2H3. The minimum absolute atomic E-state index is 0.324. The van der Waals surface area contributed by atoms with E-state index in [1.54, 1.807) is 0 Å². The second-order valence-electron chi connectivity index (χ2n) is 6.02. The molecule has 2 aliphatic rings. The molecule has 2 heteroatoms. The third-order valence-corrected chi connectivity index (χ3v) is 4.74. The summed E-state index contributed by atoms with van der Waals surface area (Å²) in [5.41, 5.74) is 0.324. The molecule has 0 aromatic heterocycles. The van der Waals surface area contributed by atoms with E-state index >= 15 is 0 Å². The van der Waals surface area contributed by atoms with Gasteiger partial charge in [-0.3, -0.25) is 0 Å². The summed E-state index contributed by atoms with van der Waals surface area (Å²) < 4.78 is 6.36. The molecule has 1 N–H and O–H groups in total. The first-order chi connectivity index (χ1) is 8.28. The fraction of sp³-hybridized carbons (Fsp3) is 1.00. The number of nitrogens with one attached hydrogen (secondary N) is 1. The van der Waals surface area contributed by atoms with Crippen LogP contribution in [0.4, 0.5) is 0 Å². The molecule has 2 nitrogen and oxygen atoms in total. The summed E-state index contributed by atoms with van der Waals surface area (Å²) in [6.45, 7) is 2.27. The maximum Gasteiger partial charge on any atom is 0.0687 e. The maximum atomic E-state index is 6.36. The molecule has 0 bridgehead atoms. The summed E-state index contributed by atoms with van der Waals surface area (Å²) in [6, 6.07) is 0.698. The molecule has 2 unspecified atom stereocenters. The van der Waals surface area contributed by atoms with E-state index in [1.165, 1.54) is 64.2 Å². The molecular formula is C15H29NO. The quantitative estimate of drug-likeness (QED) is 0.764. The van der Waals surface area contributed by atoms with Crippen LogP contribution in [-0.2, 0) is 4.74 Å². The zero-order valence-corrected chi connectivity index (χ0v) is 11.6. The topological polar surface area (TPSA) is 21.3 Å². The van der Waals surface area contributed by atoms with Gasteiger partial charge in [0.2, 0.25) is 0 Å². The van der Waals surface area contributed by atoms with Gasteiger partial charge < -0.3 is 10.1 Å². The molecule has 1 heterocycles. The molecule has 2 rings (SSSR count). The van der Waals surface area contributed by atoms with E-state index in [4.69, 9.17) is 4.74 Å². The highest BCUT2D eigenvalue weighted by atomic mass is 16.5. The monoisotopic (exact) mass is 239 g/mol. The average Bonchev–Trinajstić information content (AvgIpc) is 2.96. The SMILES string of the molecule is CCCC(CCC1CCC2(CCCC2)O1)NC. The first-order valence-electron chi connectivity index (χ1n) is 7.63. The molecular weight excluding hydrogens is 210 g/mol. The van der Waals surface area contributed by atoms with Crippen molar-refractivity contribution in [3.8, 4) is 0 Å². The first kappa shape index (κ1) is 13.4. The van der Waals surface area contributed by atoms with Crippen molar-refractivity contribution in [2.45, 2.75) is 88.9 Å². The minimum atomic E-state index is 0.324. The van der Waals surface area contributed by atoms with Gasteiger partial charge in [0.05, 0.1) is 11.7 Å². The van der Waals surface area contributed by atoms with Gasteiger partial charge in [-0.15, -0.1) is 0 Å². The highest BCUT2D eigenvalue weighted by molar-refractivity contribution is 4.92. The smallest absolute Gasteiger partial charge is 0.0687 e. The van der Waals surface area contributed by atoms with Crippen molar-refractivity contribution in [1.82, 2.24) is 5.32 Å². The van der Waals surface area contributed by atoms with E-state index in [9.17, 15) is 0 Å². The Labute approximate surface area is 107 Å². The lowest BCUT2D eigenvalue weighted by Crippen LogP contribution is -2.28. The Morgan fingerprint density at radius 2 is 2.00 bits per heavy atom. The molecule has 1 saturated carbocycles. The first-order valence-corrected chi connectivity index (χ1v) is 7.63.